The zero-order valence-corrected chi connectivity index (χ0v) is 17.5. The van der Waals surface area contributed by atoms with Gasteiger partial charge in [-0.05, 0) is 27.7 Å². The maximum Gasteiger partial charge on any atom is 0.277 e. The molecule has 0 fully saturated rings. The van der Waals surface area contributed by atoms with Crippen LogP contribution in [0.3, 0.4) is 0 Å². The highest BCUT2D eigenvalue weighted by Gasteiger charge is 2.22. The van der Waals surface area contributed by atoms with E-state index in [4.69, 9.17) is 0 Å². The topological polar surface area (TPSA) is 66.0 Å². The number of hydrogen-bond acceptors (Lipinski definition) is 2. The highest BCUT2D eigenvalue weighted by Crippen LogP contribution is 2.18. The average molecular weight is 383 g/mol. The van der Waals surface area contributed by atoms with Crippen LogP contribution in [0.5, 0.6) is 0 Å². The van der Waals surface area contributed by atoms with Crippen molar-refractivity contribution in [2.75, 3.05) is 20.1 Å². The van der Waals surface area contributed by atoms with Crippen molar-refractivity contribution in [1.29, 1.82) is 0 Å². The zero-order chi connectivity index (χ0) is 20.7. The van der Waals surface area contributed by atoms with Crippen LogP contribution in [0.1, 0.15) is 43.5 Å². The molecule has 2 amide bonds. The van der Waals surface area contributed by atoms with E-state index in [1.54, 1.807) is 7.05 Å². The molecule has 1 atom stereocenters. The van der Waals surface area contributed by atoms with E-state index in [1.165, 1.54) is 10.5 Å². The molecule has 0 aromatic heterocycles. The summed E-state index contributed by atoms with van der Waals surface area (Å²) in [5.41, 5.74) is 3.19. The second kappa shape index (κ2) is 9.51. The van der Waals surface area contributed by atoms with Crippen molar-refractivity contribution in [1.82, 2.24) is 10.2 Å². The van der Waals surface area contributed by atoms with E-state index in [9.17, 15) is 9.59 Å². The van der Waals surface area contributed by atoms with Crippen LogP contribution in [-0.4, -0.2) is 42.4 Å². The number of nitrogens with two attached hydrogens (primary N) is 1. The third-order valence-electron chi connectivity index (χ3n) is 4.44. The summed E-state index contributed by atoms with van der Waals surface area (Å²) in [7, 11) is 1.67. The van der Waals surface area contributed by atoms with Crippen molar-refractivity contribution in [2.45, 2.75) is 39.3 Å². The second-order valence-electron chi connectivity index (χ2n) is 8.29. The van der Waals surface area contributed by atoms with Gasteiger partial charge in [-0.3, -0.25) is 9.59 Å². The summed E-state index contributed by atoms with van der Waals surface area (Å²) in [5, 5.41) is 4.91. The maximum atomic E-state index is 12.6. The molecule has 0 radical (unpaired) electrons. The summed E-state index contributed by atoms with van der Waals surface area (Å²) in [6.45, 7) is 8.16. The lowest BCUT2D eigenvalue weighted by atomic mass is 9.98. The van der Waals surface area contributed by atoms with Gasteiger partial charge in [0.2, 0.25) is 5.91 Å². The van der Waals surface area contributed by atoms with Crippen molar-refractivity contribution < 1.29 is 14.9 Å². The molecule has 3 N–H and O–H groups in total. The van der Waals surface area contributed by atoms with Crippen molar-refractivity contribution in [3.63, 3.8) is 0 Å². The van der Waals surface area contributed by atoms with Gasteiger partial charge in [-0.1, -0.05) is 60.2 Å². The van der Waals surface area contributed by atoms with E-state index >= 15 is 0 Å². The number of quaternary nitrogens is 1. The predicted molar refractivity (Wildman–Crippen MR) is 112 cm³/mol. The Morgan fingerprint density at radius 2 is 1.57 bits per heavy atom. The zero-order valence-electron chi connectivity index (χ0n) is 17.5. The first kappa shape index (κ1) is 21.6. The van der Waals surface area contributed by atoms with Crippen LogP contribution in [0, 0.1) is 6.92 Å². The van der Waals surface area contributed by atoms with Crippen LogP contribution in [-0.2, 0) is 9.59 Å². The fourth-order valence-corrected chi connectivity index (χ4v) is 3.03. The first-order valence-electron chi connectivity index (χ1n) is 9.65. The fraction of sp³-hybridized carbons (Fsp3) is 0.391. The van der Waals surface area contributed by atoms with Gasteiger partial charge >= 0.3 is 0 Å². The summed E-state index contributed by atoms with van der Waals surface area (Å²) in [5.74, 6) is -0.224. The number of rotatable bonds is 7. The molecule has 0 unspecified atom stereocenters. The van der Waals surface area contributed by atoms with Crippen molar-refractivity contribution >= 4 is 11.8 Å². The second-order valence-corrected chi connectivity index (χ2v) is 8.29. The Kier molecular flexibility index (Phi) is 7.35. The highest BCUT2D eigenvalue weighted by molar-refractivity contribution is 5.85. The molecule has 0 saturated heterocycles. The Balaban J connectivity index is 2.03. The summed E-state index contributed by atoms with van der Waals surface area (Å²) in [4.78, 5) is 26.1. The molecule has 2 aromatic rings. The molecule has 2 aromatic carbocycles. The highest BCUT2D eigenvalue weighted by atomic mass is 16.2. The summed E-state index contributed by atoms with van der Waals surface area (Å²) in [6, 6.07) is 18.6. The largest absolute Gasteiger partial charge is 0.350 e. The number of benzene rings is 2. The molecule has 5 heteroatoms. The normalized spacial score (nSPS) is 12.3. The van der Waals surface area contributed by atoms with Gasteiger partial charge in [0.05, 0.1) is 6.54 Å². The van der Waals surface area contributed by atoms with Crippen LogP contribution in [0.15, 0.2) is 54.6 Å². The standard InChI is InChI=1S/C23H31N3O2/c1-17-11-13-19(14-12-17)22(18-9-7-6-8-10-18)24-15-21(28)26(5)16-20(27)25-23(2,3)4/h6-14,22,24H,15-16H2,1-5H3,(H,25,27)/p+1/t22-/m1/s1. The SMILES string of the molecule is Cc1ccc([C@H]([NH2+]CC(=O)N(C)CC(=O)NC(C)(C)C)c2ccccc2)cc1. The smallest absolute Gasteiger partial charge is 0.277 e. The lowest BCUT2D eigenvalue weighted by molar-refractivity contribution is -0.677. The minimum absolute atomic E-state index is 0.0301. The predicted octanol–water partition coefficient (Wildman–Crippen LogP) is 2.02. The molecule has 0 aliphatic rings. The summed E-state index contributed by atoms with van der Waals surface area (Å²) < 4.78 is 0. The summed E-state index contributed by atoms with van der Waals surface area (Å²) >= 11 is 0. The number of carbonyl (C=O) groups excluding carboxylic acids is 2. The third kappa shape index (κ3) is 6.82. The van der Waals surface area contributed by atoms with Gasteiger partial charge in [-0.25, -0.2) is 0 Å². The van der Waals surface area contributed by atoms with Gasteiger partial charge in [-0.15, -0.1) is 0 Å². The number of nitrogens with zero attached hydrogens (tertiary/aromatic N) is 1. The van der Waals surface area contributed by atoms with E-state index in [-0.39, 0.29) is 36.5 Å². The Hall–Kier alpha value is -2.66. The molecule has 0 saturated carbocycles. The molecule has 5 nitrogen and oxygen atoms in total. The molecular weight excluding hydrogens is 350 g/mol. The van der Waals surface area contributed by atoms with Crippen molar-refractivity contribution in [2.24, 2.45) is 0 Å². The lowest BCUT2D eigenvalue weighted by Gasteiger charge is -2.23. The van der Waals surface area contributed by atoms with E-state index in [0.717, 1.165) is 11.1 Å². The Bertz CT molecular complexity index is 780. The molecule has 0 aliphatic carbocycles. The van der Waals surface area contributed by atoms with Crippen LogP contribution < -0.4 is 10.6 Å². The Labute approximate surface area is 168 Å². The van der Waals surface area contributed by atoms with Crippen LogP contribution in [0.2, 0.25) is 0 Å². The van der Waals surface area contributed by atoms with Crippen molar-refractivity contribution in [3.05, 3.63) is 71.3 Å². The van der Waals surface area contributed by atoms with Gasteiger partial charge in [0.15, 0.2) is 6.54 Å². The number of likely N-dealkylation sites (N-methyl/N-ethyl adjacent to an activating group) is 1. The third-order valence-corrected chi connectivity index (χ3v) is 4.44. The van der Waals surface area contributed by atoms with Crippen LogP contribution in [0.4, 0.5) is 0 Å². The first-order valence-corrected chi connectivity index (χ1v) is 9.65. The first-order chi connectivity index (χ1) is 13.2. The molecule has 28 heavy (non-hydrogen) atoms. The molecule has 150 valence electrons. The van der Waals surface area contributed by atoms with E-state index < -0.39 is 0 Å². The Morgan fingerprint density at radius 1 is 1.00 bits per heavy atom. The maximum absolute atomic E-state index is 12.6. The molecule has 0 bridgehead atoms. The minimum atomic E-state index is -0.309. The monoisotopic (exact) mass is 382 g/mol. The average Bonchev–Trinajstić information content (AvgIpc) is 2.62. The molecule has 0 heterocycles. The van der Waals surface area contributed by atoms with Gasteiger partial charge in [0, 0.05) is 23.7 Å². The number of hydrogen-bond donors (Lipinski definition) is 2. The lowest BCUT2D eigenvalue weighted by Crippen LogP contribution is -2.87. The van der Waals surface area contributed by atoms with Crippen LogP contribution >= 0.6 is 0 Å². The molecular formula is C23H32N3O2+. The molecule has 0 aliphatic heterocycles. The summed E-state index contributed by atoms with van der Waals surface area (Å²) in [6.07, 6.45) is 0. The molecule has 2 rings (SSSR count). The van der Waals surface area contributed by atoms with Gasteiger partial charge in [0.25, 0.3) is 5.91 Å². The van der Waals surface area contributed by atoms with Crippen molar-refractivity contribution in [3.8, 4) is 0 Å². The van der Waals surface area contributed by atoms with E-state index in [0.29, 0.717) is 0 Å². The number of carbonyl (C=O) groups is 2. The number of aryl methyl sites for hydroxylation is 1. The van der Waals surface area contributed by atoms with Crippen LogP contribution in [0.25, 0.3) is 0 Å². The van der Waals surface area contributed by atoms with E-state index in [2.05, 4.69) is 48.6 Å². The van der Waals surface area contributed by atoms with E-state index in [1.807, 2.05) is 44.3 Å². The number of amides is 2. The quantitative estimate of drug-likeness (QED) is 0.769. The van der Waals surface area contributed by atoms with Gasteiger partial charge in [-0.2, -0.15) is 0 Å². The fourth-order valence-electron chi connectivity index (χ4n) is 3.03. The van der Waals surface area contributed by atoms with Gasteiger partial charge in [0.1, 0.15) is 6.04 Å². The minimum Gasteiger partial charge on any atom is -0.350 e. The Morgan fingerprint density at radius 3 is 2.14 bits per heavy atom. The van der Waals surface area contributed by atoms with Gasteiger partial charge < -0.3 is 15.5 Å². The number of nitrogens with one attached hydrogen (secondary N) is 1. The molecule has 0 spiro atoms.